The van der Waals surface area contributed by atoms with E-state index in [1.807, 2.05) is 11.8 Å². The van der Waals surface area contributed by atoms with Crippen LogP contribution in [0.5, 0.6) is 0 Å². The van der Waals surface area contributed by atoms with Gasteiger partial charge in [0.1, 0.15) is 5.82 Å². The van der Waals surface area contributed by atoms with E-state index in [9.17, 15) is 0 Å². The Morgan fingerprint density at radius 3 is 3.08 bits per heavy atom. The standard InChI is InChI=1S/C16H19BrN6S/c17-12-9-19-16(18-6-5-11-2-1-7-24-11)21-15(12)20-14-8-13(22-23-14)10-3-4-10/h2,8-10H,1,3-7H2,(H3,18,19,20,21,22,23). The molecule has 0 radical (unpaired) electrons. The molecule has 4 rings (SSSR count). The van der Waals surface area contributed by atoms with Crippen molar-refractivity contribution in [1.82, 2.24) is 20.2 Å². The average molecular weight is 407 g/mol. The van der Waals surface area contributed by atoms with Gasteiger partial charge in [0.05, 0.1) is 10.2 Å². The highest BCUT2D eigenvalue weighted by molar-refractivity contribution is 9.10. The summed E-state index contributed by atoms with van der Waals surface area (Å²) < 4.78 is 0.824. The number of hydrogen-bond donors (Lipinski definition) is 3. The molecule has 6 nitrogen and oxygen atoms in total. The summed E-state index contributed by atoms with van der Waals surface area (Å²) in [6, 6.07) is 2.06. The number of aromatic nitrogens is 4. The van der Waals surface area contributed by atoms with Crippen LogP contribution in [-0.4, -0.2) is 32.5 Å². The molecule has 0 spiro atoms. The van der Waals surface area contributed by atoms with E-state index in [0.717, 1.165) is 34.8 Å². The molecule has 2 aliphatic rings. The van der Waals surface area contributed by atoms with Crippen LogP contribution in [0, 0.1) is 0 Å². The van der Waals surface area contributed by atoms with E-state index in [1.54, 1.807) is 6.20 Å². The monoisotopic (exact) mass is 406 g/mol. The van der Waals surface area contributed by atoms with Gasteiger partial charge in [-0.15, -0.1) is 11.8 Å². The number of halogens is 1. The zero-order valence-electron chi connectivity index (χ0n) is 13.2. The molecule has 1 aliphatic heterocycles. The van der Waals surface area contributed by atoms with Gasteiger partial charge < -0.3 is 10.6 Å². The fourth-order valence-electron chi connectivity index (χ4n) is 2.60. The van der Waals surface area contributed by atoms with Crippen LogP contribution in [0.4, 0.5) is 17.6 Å². The van der Waals surface area contributed by atoms with Crippen molar-refractivity contribution >= 4 is 45.3 Å². The largest absolute Gasteiger partial charge is 0.354 e. The van der Waals surface area contributed by atoms with Crippen molar-refractivity contribution < 1.29 is 0 Å². The summed E-state index contributed by atoms with van der Waals surface area (Å²) >= 11 is 5.44. The first-order valence-electron chi connectivity index (χ1n) is 8.18. The third-order valence-electron chi connectivity index (χ3n) is 4.02. The maximum Gasteiger partial charge on any atom is 0.224 e. The van der Waals surface area contributed by atoms with E-state index in [1.165, 1.54) is 29.9 Å². The van der Waals surface area contributed by atoms with Crippen molar-refractivity contribution in [2.75, 3.05) is 22.9 Å². The van der Waals surface area contributed by atoms with E-state index in [-0.39, 0.29) is 0 Å². The molecule has 3 heterocycles. The predicted molar refractivity (Wildman–Crippen MR) is 102 cm³/mol. The maximum atomic E-state index is 4.55. The Balaban J connectivity index is 1.38. The number of nitrogens with one attached hydrogen (secondary N) is 3. The van der Waals surface area contributed by atoms with Crippen LogP contribution in [0.2, 0.25) is 0 Å². The molecule has 1 saturated carbocycles. The van der Waals surface area contributed by atoms with Gasteiger partial charge in [0.15, 0.2) is 5.82 Å². The lowest BCUT2D eigenvalue weighted by Crippen LogP contribution is -2.07. The summed E-state index contributed by atoms with van der Waals surface area (Å²) in [5, 5.41) is 14.0. The number of anilines is 3. The Bertz CT molecular complexity index is 755. The average Bonchev–Trinajstić information content (AvgIpc) is 3.10. The number of aromatic amines is 1. The molecule has 1 fully saturated rings. The van der Waals surface area contributed by atoms with E-state index in [2.05, 4.69) is 58.9 Å². The quantitative estimate of drug-likeness (QED) is 0.631. The number of nitrogens with zero attached hydrogens (tertiary/aromatic N) is 3. The van der Waals surface area contributed by atoms with Crippen molar-refractivity contribution in [1.29, 1.82) is 0 Å². The lowest BCUT2D eigenvalue weighted by molar-refractivity contribution is 0.965. The minimum absolute atomic E-state index is 0.630. The lowest BCUT2D eigenvalue weighted by Gasteiger charge is -2.09. The summed E-state index contributed by atoms with van der Waals surface area (Å²) in [6.45, 7) is 0.843. The van der Waals surface area contributed by atoms with Gasteiger partial charge in [-0.05, 0) is 46.5 Å². The molecular formula is C16H19BrN6S. The SMILES string of the molecule is Brc1cnc(NCCC2=CCCS2)nc1Nc1cc(C2CC2)n[nH]1. The van der Waals surface area contributed by atoms with Gasteiger partial charge in [0.2, 0.25) is 5.95 Å². The fourth-order valence-corrected chi connectivity index (χ4v) is 3.87. The Morgan fingerprint density at radius 2 is 2.29 bits per heavy atom. The van der Waals surface area contributed by atoms with Gasteiger partial charge >= 0.3 is 0 Å². The summed E-state index contributed by atoms with van der Waals surface area (Å²) in [5.74, 6) is 4.06. The maximum absolute atomic E-state index is 4.55. The molecule has 1 aliphatic carbocycles. The van der Waals surface area contributed by atoms with Gasteiger partial charge in [-0.1, -0.05) is 6.08 Å². The number of thioether (sulfide) groups is 1. The molecule has 0 bridgehead atoms. The second-order valence-electron chi connectivity index (χ2n) is 5.98. The number of hydrogen-bond acceptors (Lipinski definition) is 6. The van der Waals surface area contributed by atoms with Gasteiger partial charge in [0.25, 0.3) is 0 Å². The Kier molecular flexibility index (Phi) is 4.75. The molecule has 2 aromatic rings. The van der Waals surface area contributed by atoms with Gasteiger partial charge in [0, 0.05) is 30.5 Å². The van der Waals surface area contributed by atoms with Crippen LogP contribution in [0.3, 0.4) is 0 Å². The van der Waals surface area contributed by atoms with Crippen LogP contribution in [0.25, 0.3) is 0 Å². The lowest BCUT2D eigenvalue weighted by atomic mass is 10.3. The van der Waals surface area contributed by atoms with Crippen molar-refractivity contribution in [3.63, 3.8) is 0 Å². The minimum Gasteiger partial charge on any atom is -0.354 e. The highest BCUT2D eigenvalue weighted by atomic mass is 79.9. The van der Waals surface area contributed by atoms with Crippen molar-refractivity contribution in [3.05, 3.63) is 33.4 Å². The van der Waals surface area contributed by atoms with Crippen molar-refractivity contribution in [3.8, 4) is 0 Å². The summed E-state index contributed by atoms with van der Waals surface area (Å²) in [7, 11) is 0. The highest BCUT2D eigenvalue weighted by Crippen LogP contribution is 2.39. The summed E-state index contributed by atoms with van der Waals surface area (Å²) in [5.41, 5.74) is 1.13. The molecule has 2 aromatic heterocycles. The first-order chi connectivity index (χ1) is 11.8. The van der Waals surface area contributed by atoms with Crippen molar-refractivity contribution in [2.45, 2.75) is 31.6 Å². The number of H-pyrrole nitrogens is 1. The summed E-state index contributed by atoms with van der Waals surface area (Å²) in [6.07, 6.45) is 8.78. The van der Waals surface area contributed by atoms with E-state index in [4.69, 9.17) is 0 Å². The molecule has 0 atom stereocenters. The molecule has 0 saturated heterocycles. The first kappa shape index (κ1) is 16.0. The molecule has 8 heteroatoms. The zero-order chi connectivity index (χ0) is 16.4. The normalized spacial score (nSPS) is 17.0. The van der Waals surface area contributed by atoms with Crippen molar-refractivity contribution in [2.24, 2.45) is 0 Å². The van der Waals surface area contributed by atoms with E-state index < -0.39 is 0 Å². The molecule has 0 amide bonds. The molecular weight excluding hydrogens is 388 g/mol. The highest BCUT2D eigenvalue weighted by Gasteiger charge is 2.26. The van der Waals surface area contributed by atoms with Crippen LogP contribution >= 0.6 is 27.7 Å². The Hall–Kier alpha value is -1.54. The fraction of sp³-hybridized carbons (Fsp3) is 0.438. The molecule has 0 aromatic carbocycles. The molecule has 0 unspecified atom stereocenters. The minimum atomic E-state index is 0.630. The Labute approximate surface area is 153 Å². The first-order valence-corrected chi connectivity index (χ1v) is 9.96. The van der Waals surface area contributed by atoms with Crippen LogP contribution < -0.4 is 10.6 Å². The smallest absolute Gasteiger partial charge is 0.224 e. The van der Waals surface area contributed by atoms with E-state index in [0.29, 0.717) is 11.9 Å². The summed E-state index contributed by atoms with van der Waals surface area (Å²) in [4.78, 5) is 10.3. The predicted octanol–water partition coefficient (Wildman–Crippen LogP) is 4.41. The third kappa shape index (κ3) is 3.92. The zero-order valence-corrected chi connectivity index (χ0v) is 15.6. The number of rotatable bonds is 7. The second-order valence-corrected chi connectivity index (χ2v) is 8.06. The van der Waals surface area contributed by atoms with Gasteiger partial charge in [-0.3, -0.25) is 5.10 Å². The van der Waals surface area contributed by atoms with Gasteiger partial charge in [-0.2, -0.15) is 10.1 Å². The third-order valence-corrected chi connectivity index (χ3v) is 5.78. The number of allylic oxidation sites excluding steroid dienone is 1. The van der Waals surface area contributed by atoms with Crippen LogP contribution in [0.15, 0.2) is 27.7 Å². The second kappa shape index (κ2) is 7.14. The molecule has 3 N–H and O–H groups in total. The Morgan fingerprint density at radius 1 is 1.38 bits per heavy atom. The van der Waals surface area contributed by atoms with Gasteiger partial charge in [-0.25, -0.2) is 4.98 Å². The topological polar surface area (TPSA) is 78.5 Å². The van der Waals surface area contributed by atoms with Crippen LogP contribution in [0.1, 0.15) is 37.3 Å². The van der Waals surface area contributed by atoms with E-state index >= 15 is 0 Å². The molecule has 24 heavy (non-hydrogen) atoms. The molecule has 126 valence electrons. The van der Waals surface area contributed by atoms with Crippen LogP contribution in [-0.2, 0) is 0 Å².